The summed E-state index contributed by atoms with van der Waals surface area (Å²) < 4.78 is 12.8. The van der Waals surface area contributed by atoms with E-state index in [4.69, 9.17) is 9.15 Å². The fraction of sp³-hybridized carbons (Fsp3) is 0.529. The van der Waals surface area contributed by atoms with Gasteiger partial charge in [-0.2, -0.15) is 5.10 Å². The van der Waals surface area contributed by atoms with Gasteiger partial charge in [0.2, 0.25) is 5.91 Å². The number of likely N-dealkylation sites (N-methyl/N-ethyl adjacent to an activating group) is 1. The Kier molecular flexibility index (Phi) is 5.32. The Balaban J connectivity index is 1.55. The highest BCUT2D eigenvalue weighted by Crippen LogP contribution is 2.24. The van der Waals surface area contributed by atoms with E-state index in [0.29, 0.717) is 6.61 Å². The second-order valence-corrected chi connectivity index (χ2v) is 6.35. The van der Waals surface area contributed by atoms with Crippen molar-refractivity contribution in [1.29, 1.82) is 0 Å². The molecule has 1 aliphatic heterocycles. The second-order valence-electron chi connectivity index (χ2n) is 6.35. The van der Waals surface area contributed by atoms with Gasteiger partial charge in [0.1, 0.15) is 6.61 Å². The molecule has 0 fully saturated rings. The van der Waals surface area contributed by atoms with E-state index in [1.165, 1.54) is 11.3 Å². The number of furan rings is 1. The van der Waals surface area contributed by atoms with Crippen LogP contribution in [0.1, 0.15) is 23.7 Å². The van der Waals surface area contributed by atoms with Crippen molar-refractivity contribution in [3.8, 4) is 0 Å². The third-order valence-corrected chi connectivity index (χ3v) is 4.26. The number of nitrogens with zero attached hydrogens (tertiary/aromatic N) is 4. The maximum absolute atomic E-state index is 11.5. The van der Waals surface area contributed by atoms with E-state index < -0.39 is 0 Å². The zero-order chi connectivity index (χ0) is 16.9. The Hall–Kier alpha value is -2.12. The van der Waals surface area contributed by atoms with Crippen LogP contribution in [0.3, 0.4) is 0 Å². The molecule has 1 atom stereocenters. The van der Waals surface area contributed by atoms with E-state index >= 15 is 0 Å². The van der Waals surface area contributed by atoms with Gasteiger partial charge in [-0.15, -0.1) is 0 Å². The lowest BCUT2D eigenvalue weighted by Crippen LogP contribution is -2.37. The van der Waals surface area contributed by atoms with Gasteiger partial charge in [-0.25, -0.2) is 0 Å². The number of aromatic nitrogens is 2. The number of ether oxygens (including phenoxy) is 1. The molecule has 0 aromatic carbocycles. The lowest BCUT2D eigenvalue weighted by molar-refractivity contribution is -0.133. The molecule has 1 aliphatic rings. The van der Waals surface area contributed by atoms with Crippen molar-refractivity contribution < 1.29 is 13.9 Å². The largest absolute Gasteiger partial charge is 0.472 e. The molecule has 24 heavy (non-hydrogen) atoms. The minimum absolute atomic E-state index is 0.0139. The molecule has 0 spiro atoms. The Bertz CT molecular complexity index is 651. The number of carbonyl (C=O) groups excluding carboxylic acids is 1. The molecule has 130 valence electrons. The first kappa shape index (κ1) is 16.7. The third-order valence-electron chi connectivity index (χ3n) is 4.26. The Labute approximate surface area is 141 Å². The molecule has 0 saturated heterocycles. The van der Waals surface area contributed by atoms with Crippen LogP contribution in [-0.4, -0.2) is 59.3 Å². The summed E-state index contributed by atoms with van der Waals surface area (Å²) in [6, 6.07) is 4.31. The molecule has 3 heterocycles. The molecule has 7 nitrogen and oxygen atoms in total. The van der Waals surface area contributed by atoms with E-state index in [1.54, 1.807) is 31.5 Å². The van der Waals surface area contributed by atoms with Gasteiger partial charge in [0.05, 0.1) is 24.3 Å². The van der Waals surface area contributed by atoms with E-state index in [2.05, 4.69) is 20.7 Å². The van der Waals surface area contributed by atoms with Gasteiger partial charge in [0.15, 0.2) is 0 Å². The summed E-state index contributed by atoms with van der Waals surface area (Å²) in [6.07, 6.45) is 6.17. The van der Waals surface area contributed by atoms with Crippen LogP contribution in [0, 0.1) is 0 Å². The smallest absolute Gasteiger partial charge is 0.248 e. The quantitative estimate of drug-likeness (QED) is 0.720. The third kappa shape index (κ3) is 4.04. The number of hydrogen-bond acceptors (Lipinski definition) is 5. The van der Waals surface area contributed by atoms with Crippen molar-refractivity contribution >= 4 is 5.91 Å². The number of rotatable bonds is 7. The molecule has 0 saturated carbocycles. The van der Waals surface area contributed by atoms with Crippen molar-refractivity contribution in [3.05, 3.63) is 42.1 Å². The molecule has 0 radical (unpaired) electrons. The minimum Gasteiger partial charge on any atom is -0.472 e. The Morgan fingerprint density at radius 1 is 1.46 bits per heavy atom. The highest BCUT2D eigenvalue weighted by molar-refractivity contribution is 5.76. The molecule has 0 N–H and O–H groups in total. The van der Waals surface area contributed by atoms with Crippen LogP contribution in [0.5, 0.6) is 0 Å². The average molecular weight is 332 g/mol. The summed E-state index contributed by atoms with van der Waals surface area (Å²) in [4.78, 5) is 15.5. The van der Waals surface area contributed by atoms with Gasteiger partial charge >= 0.3 is 0 Å². The Morgan fingerprint density at radius 3 is 3.08 bits per heavy atom. The molecule has 2 aromatic rings. The lowest BCUT2D eigenvalue weighted by Gasteiger charge is -2.33. The van der Waals surface area contributed by atoms with Crippen LogP contribution in [0.2, 0.25) is 0 Å². The highest BCUT2D eigenvalue weighted by atomic mass is 16.5. The number of amides is 1. The molecule has 1 unspecified atom stereocenters. The summed E-state index contributed by atoms with van der Waals surface area (Å²) in [5.74, 6) is -0.0139. The van der Waals surface area contributed by atoms with Crippen LogP contribution >= 0.6 is 0 Å². The van der Waals surface area contributed by atoms with Gasteiger partial charge in [-0.05, 0) is 18.6 Å². The van der Waals surface area contributed by atoms with Crippen LogP contribution in [0.4, 0.5) is 0 Å². The van der Waals surface area contributed by atoms with Gasteiger partial charge in [-0.1, -0.05) is 0 Å². The van der Waals surface area contributed by atoms with Crippen molar-refractivity contribution in [2.24, 2.45) is 0 Å². The normalized spacial score (nSPS) is 17.7. The molecule has 3 rings (SSSR count). The molecular weight excluding hydrogens is 308 g/mol. The van der Waals surface area contributed by atoms with Crippen molar-refractivity contribution in [2.75, 3.05) is 33.9 Å². The summed E-state index contributed by atoms with van der Waals surface area (Å²) in [5.41, 5.74) is 2.38. The Morgan fingerprint density at radius 2 is 2.33 bits per heavy atom. The lowest BCUT2D eigenvalue weighted by atomic mass is 10.1. The SMILES string of the molecule is CN(C)C(=O)COCCC1CN(Cc2ccoc2)Cc2ccnn21. The van der Waals surface area contributed by atoms with Gasteiger partial charge in [-0.3, -0.25) is 14.4 Å². The van der Waals surface area contributed by atoms with E-state index in [1.807, 2.05) is 12.3 Å². The standard InChI is InChI=1S/C17H24N4O3/c1-19(2)17(22)13-24-8-5-16-11-20(9-14-4-7-23-12-14)10-15-3-6-18-21(15)16/h3-4,6-7,12,16H,5,8-11,13H2,1-2H3. The average Bonchev–Trinajstić information content (AvgIpc) is 3.22. The van der Waals surface area contributed by atoms with Gasteiger partial charge < -0.3 is 14.1 Å². The summed E-state index contributed by atoms with van der Waals surface area (Å²) in [5, 5.41) is 4.45. The summed E-state index contributed by atoms with van der Waals surface area (Å²) in [7, 11) is 3.47. The van der Waals surface area contributed by atoms with Crippen molar-refractivity contribution in [2.45, 2.75) is 25.6 Å². The van der Waals surface area contributed by atoms with Crippen molar-refractivity contribution in [1.82, 2.24) is 19.6 Å². The molecule has 7 heteroatoms. The fourth-order valence-corrected chi connectivity index (χ4v) is 2.95. The maximum atomic E-state index is 11.5. The van der Waals surface area contributed by atoms with E-state index in [-0.39, 0.29) is 18.6 Å². The summed E-state index contributed by atoms with van der Waals surface area (Å²) >= 11 is 0. The maximum Gasteiger partial charge on any atom is 0.248 e. The fourth-order valence-electron chi connectivity index (χ4n) is 2.95. The molecular formula is C17H24N4O3. The number of hydrogen-bond donors (Lipinski definition) is 0. The molecule has 1 amide bonds. The molecule has 0 aliphatic carbocycles. The zero-order valence-corrected chi connectivity index (χ0v) is 14.2. The number of carbonyl (C=O) groups is 1. The van der Waals surface area contributed by atoms with Gasteiger partial charge in [0, 0.05) is 52.1 Å². The molecule has 2 aromatic heterocycles. The monoisotopic (exact) mass is 332 g/mol. The summed E-state index contributed by atoms with van der Waals surface area (Å²) in [6.45, 7) is 3.32. The van der Waals surface area contributed by atoms with Crippen LogP contribution < -0.4 is 0 Å². The minimum atomic E-state index is -0.0139. The topological polar surface area (TPSA) is 63.7 Å². The first-order chi connectivity index (χ1) is 11.6. The molecule has 0 bridgehead atoms. The van der Waals surface area contributed by atoms with Crippen LogP contribution in [0.25, 0.3) is 0 Å². The van der Waals surface area contributed by atoms with E-state index in [0.717, 1.165) is 26.1 Å². The zero-order valence-electron chi connectivity index (χ0n) is 14.2. The highest BCUT2D eigenvalue weighted by Gasteiger charge is 2.25. The van der Waals surface area contributed by atoms with Crippen LogP contribution in [-0.2, 0) is 22.6 Å². The first-order valence-electron chi connectivity index (χ1n) is 8.17. The predicted octanol–water partition coefficient (Wildman–Crippen LogP) is 1.53. The van der Waals surface area contributed by atoms with Crippen LogP contribution in [0.15, 0.2) is 35.3 Å². The van der Waals surface area contributed by atoms with Crippen molar-refractivity contribution in [3.63, 3.8) is 0 Å². The van der Waals surface area contributed by atoms with Gasteiger partial charge in [0.25, 0.3) is 0 Å². The second kappa shape index (κ2) is 7.63. The van der Waals surface area contributed by atoms with E-state index in [9.17, 15) is 4.79 Å². The number of fused-ring (bicyclic) bond motifs is 1. The first-order valence-corrected chi connectivity index (χ1v) is 8.17. The predicted molar refractivity (Wildman–Crippen MR) is 88.2 cm³/mol.